The molecule has 2 N–H and O–H groups in total. The zero-order valence-corrected chi connectivity index (χ0v) is 16.8. The van der Waals surface area contributed by atoms with Crippen molar-refractivity contribution >= 4 is 29.1 Å². The minimum Gasteiger partial charge on any atom is -0.444 e. The van der Waals surface area contributed by atoms with Gasteiger partial charge in [-0.15, -0.1) is 0 Å². The summed E-state index contributed by atoms with van der Waals surface area (Å²) in [5.41, 5.74) is 2.96. The largest absolute Gasteiger partial charge is 0.444 e. The predicted molar refractivity (Wildman–Crippen MR) is 112 cm³/mol. The Balaban J connectivity index is 1.53. The Bertz CT molecular complexity index is 983. The highest BCUT2D eigenvalue weighted by molar-refractivity contribution is 6.30. The van der Waals surface area contributed by atoms with Crippen LogP contribution in [0.1, 0.15) is 31.0 Å². The second kappa shape index (κ2) is 9.89. The molecule has 1 aromatic heterocycles. The normalized spacial score (nSPS) is 10.6. The molecule has 0 bridgehead atoms. The molecule has 3 aromatic rings. The first-order valence-electron chi connectivity index (χ1n) is 9.39. The minimum absolute atomic E-state index is 0.0174. The standard InChI is InChI=1S/C22H22ClN3O3/c1-2-4-20(27)25-18-6-3-5-15(11-18)13-24-21(28)12-19-14-29-22(26-19)16-7-9-17(23)10-8-16/h3,5-11,14H,2,4,12-13H2,1H3,(H,24,28)(H,25,27). The topological polar surface area (TPSA) is 84.2 Å². The van der Waals surface area contributed by atoms with Gasteiger partial charge < -0.3 is 15.1 Å². The average molecular weight is 412 g/mol. The quantitative estimate of drug-likeness (QED) is 0.567. The number of halogens is 1. The van der Waals surface area contributed by atoms with Crippen LogP contribution in [-0.2, 0) is 22.6 Å². The van der Waals surface area contributed by atoms with E-state index >= 15 is 0 Å². The lowest BCUT2D eigenvalue weighted by Crippen LogP contribution is -2.24. The number of hydrogen-bond acceptors (Lipinski definition) is 4. The van der Waals surface area contributed by atoms with Gasteiger partial charge in [0.1, 0.15) is 6.26 Å². The summed E-state index contributed by atoms with van der Waals surface area (Å²) in [6.45, 7) is 2.32. The third kappa shape index (κ3) is 6.19. The van der Waals surface area contributed by atoms with Gasteiger partial charge >= 0.3 is 0 Å². The maximum Gasteiger partial charge on any atom is 0.226 e. The van der Waals surface area contributed by atoms with Crippen LogP contribution in [0.3, 0.4) is 0 Å². The Hall–Kier alpha value is -3.12. The van der Waals surface area contributed by atoms with Crippen molar-refractivity contribution in [3.63, 3.8) is 0 Å². The molecule has 0 fully saturated rings. The van der Waals surface area contributed by atoms with Crippen molar-refractivity contribution in [1.82, 2.24) is 10.3 Å². The summed E-state index contributed by atoms with van der Waals surface area (Å²) in [5.74, 6) is 0.262. The highest BCUT2D eigenvalue weighted by atomic mass is 35.5. The van der Waals surface area contributed by atoms with E-state index < -0.39 is 0 Å². The van der Waals surface area contributed by atoms with Crippen molar-refractivity contribution < 1.29 is 14.0 Å². The van der Waals surface area contributed by atoms with Crippen molar-refractivity contribution in [2.24, 2.45) is 0 Å². The lowest BCUT2D eigenvalue weighted by molar-refractivity contribution is -0.120. The lowest BCUT2D eigenvalue weighted by Gasteiger charge is -2.08. The Morgan fingerprint density at radius 1 is 1.10 bits per heavy atom. The Kier molecular flexibility index (Phi) is 7.03. The van der Waals surface area contributed by atoms with Gasteiger partial charge in [0.25, 0.3) is 0 Å². The van der Waals surface area contributed by atoms with E-state index in [9.17, 15) is 9.59 Å². The Morgan fingerprint density at radius 2 is 1.90 bits per heavy atom. The zero-order valence-electron chi connectivity index (χ0n) is 16.1. The molecule has 3 rings (SSSR count). The molecule has 0 aliphatic rings. The number of carbonyl (C=O) groups is 2. The van der Waals surface area contributed by atoms with Crippen molar-refractivity contribution in [2.45, 2.75) is 32.7 Å². The number of hydrogen-bond donors (Lipinski definition) is 2. The van der Waals surface area contributed by atoms with Crippen LogP contribution in [0.4, 0.5) is 5.69 Å². The van der Waals surface area contributed by atoms with Crippen LogP contribution in [-0.4, -0.2) is 16.8 Å². The van der Waals surface area contributed by atoms with E-state index in [-0.39, 0.29) is 18.2 Å². The Labute approximate surface area is 174 Å². The highest BCUT2D eigenvalue weighted by Gasteiger charge is 2.11. The van der Waals surface area contributed by atoms with E-state index in [1.807, 2.05) is 43.3 Å². The van der Waals surface area contributed by atoms with Gasteiger partial charge in [-0.2, -0.15) is 0 Å². The number of rotatable bonds is 8. The molecule has 7 heteroatoms. The summed E-state index contributed by atoms with van der Waals surface area (Å²) in [6, 6.07) is 14.5. The molecule has 29 heavy (non-hydrogen) atoms. The number of amides is 2. The van der Waals surface area contributed by atoms with Crippen LogP contribution in [0, 0.1) is 0 Å². The molecule has 150 valence electrons. The fourth-order valence-electron chi connectivity index (χ4n) is 2.75. The van der Waals surface area contributed by atoms with E-state index in [4.69, 9.17) is 16.0 Å². The van der Waals surface area contributed by atoms with E-state index in [1.165, 1.54) is 6.26 Å². The van der Waals surface area contributed by atoms with Crippen molar-refractivity contribution in [3.05, 3.63) is 71.1 Å². The second-order valence-corrected chi connectivity index (χ2v) is 7.04. The van der Waals surface area contributed by atoms with Gasteiger partial charge in [-0.25, -0.2) is 4.98 Å². The molecule has 0 aliphatic carbocycles. The molecular formula is C22H22ClN3O3. The van der Waals surface area contributed by atoms with Gasteiger partial charge in [0, 0.05) is 29.2 Å². The summed E-state index contributed by atoms with van der Waals surface area (Å²) in [4.78, 5) is 28.3. The monoisotopic (exact) mass is 411 g/mol. The second-order valence-electron chi connectivity index (χ2n) is 6.60. The van der Waals surface area contributed by atoms with E-state index in [2.05, 4.69) is 15.6 Å². The van der Waals surface area contributed by atoms with Gasteiger partial charge in [-0.3, -0.25) is 9.59 Å². The van der Waals surface area contributed by atoms with Crippen LogP contribution in [0.25, 0.3) is 11.5 Å². The summed E-state index contributed by atoms with van der Waals surface area (Å²) in [7, 11) is 0. The fourth-order valence-corrected chi connectivity index (χ4v) is 2.88. The summed E-state index contributed by atoms with van der Waals surface area (Å²) >= 11 is 5.88. The number of benzene rings is 2. The first-order valence-corrected chi connectivity index (χ1v) is 9.77. The number of nitrogens with zero attached hydrogens (tertiary/aromatic N) is 1. The molecule has 0 spiro atoms. The molecule has 2 amide bonds. The molecule has 0 atom stereocenters. The zero-order chi connectivity index (χ0) is 20.6. The van der Waals surface area contributed by atoms with Crippen LogP contribution < -0.4 is 10.6 Å². The number of aromatic nitrogens is 1. The smallest absolute Gasteiger partial charge is 0.226 e. The fraction of sp³-hybridized carbons (Fsp3) is 0.227. The van der Waals surface area contributed by atoms with Crippen LogP contribution in [0.2, 0.25) is 5.02 Å². The molecule has 0 radical (unpaired) electrons. The maximum absolute atomic E-state index is 12.2. The molecule has 0 unspecified atom stereocenters. The number of oxazole rings is 1. The predicted octanol–water partition coefficient (Wildman–Crippen LogP) is 4.59. The molecule has 6 nitrogen and oxygen atoms in total. The van der Waals surface area contributed by atoms with E-state index in [0.29, 0.717) is 29.6 Å². The highest BCUT2D eigenvalue weighted by Crippen LogP contribution is 2.21. The van der Waals surface area contributed by atoms with Crippen molar-refractivity contribution in [3.8, 4) is 11.5 Å². The van der Waals surface area contributed by atoms with Crippen LogP contribution in [0.15, 0.2) is 59.2 Å². The lowest BCUT2D eigenvalue weighted by atomic mass is 10.2. The third-order valence-electron chi connectivity index (χ3n) is 4.16. The van der Waals surface area contributed by atoms with Gasteiger partial charge in [0.05, 0.1) is 12.1 Å². The molecule has 0 saturated carbocycles. The molecule has 0 aliphatic heterocycles. The molecule has 2 aromatic carbocycles. The van der Waals surface area contributed by atoms with E-state index in [1.54, 1.807) is 12.1 Å². The number of anilines is 1. The molecule has 0 saturated heterocycles. The number of nitrogens with one attached hydrogen (secondary N) is 2. The van der Waals surface area contributed by atoms with Gasteiger partial charge in [0.2, 0.25) is 17.7 Å². The van der Waals surface area contributed by atoms with Crippen molar-refractivity contribution in [1.29, 1.82) is 0 Å². The summed E-state index contributed by atoms with van der Waals surface area (Å²) in [5, 5.41) is 6.34. The van der Waals surface area contributed by atoms with Crippen LogP contribution in [0.5, 0.6) is 0 Å². The summed E-state index contributed by atoms with van der Waals surface area (Å²) in [6.07, 6.45) is 2.87. The first kappa shape index (κ1) is 20.6. The first-order chi connectivity index (χ1) is 14.0. The SMILES string of the molecule is CCCC(=O)Nc1cccc(CNC(=O)Cc2coc(-c3ccc(Cl)cc3)n2)c1. The maximum atomic E-state index is 12.2. The molecule has 1 heterocycles. The van der Waals surface area contributed by atoms with Crippen molar-refractivity contribution in [2.75, 3.05) is 5.32 Å². The van der Waals surface area contributed by atoms with Gasteiger partial charge in [-0.1, -0.05) is 30.7 Å². The van der Waals surface area contributed by atoms with Crippen LogP contribution >= 0.6 is 11.6 Å². The Morgan fingerprint density at radius 3 is 2.66 bits per heavy atom. The van der Waals surface area contributed by atoms with Gasteiger partial charge in [-0.05, 0) is 48.4 Å². The third-order valence-corrected chi connectivity index (χ3v) is 4.41. The minimum atomic E-state index is -0.165. The average Bonchev–Trinajstić information content (AvgIpc) is 3.16. The molecular weight excluding hydrogens is 390 g/mol. The van der Waals surface area contributed by atoms with E-state index in [0.717, 1.165) is 23.2 Å². The van der Waals surface area contributed by atoms with Gasteiger partial charge in [0.15, 0.2) is 0 Å². The number of carbonyl (C=O) groups excluding carboxylic acids is 2. The summed E-state index contributed by atoms with van der Waals surface area (Å²) < 4.78 is 5.45.